The summed E-state index contributed by atoms with van der Waals surface area (Å²) in [6.07, 6.45) is 3.02. The second-order valence-corrected chi connectivity index (χ2v) is 3.19. The predicted octanol–water partition coefficient (Wildman–Crippen LogP) is 3.51. The fraction of sp³-hybridized carbons (Fsp3) is 0.333. The maximum atomic E-state index is 3.81. The summed E-state index contributed by atoms with van der Waals surface area (Å²) in [7, 11) is 0. The Kier molecular flexibility index (Phi) is 2.69. The van der Waals surface area contributed by atoms with Crippen molar-refractivity contribution in [2.75, 3.05) is 0 Å². The molecule has 0 aliphatic rings. The first kappa shape index (κ1) is 9.05. The van der Waals surface area contributed by atoms with Crippen LogP contribution in [0.2, 0.25) is 0 Å². The minimum atomic E-state index is 1.09. The molecule has 0 bridgehead atoms. The fourth-order valence-electron chi connectivity index (χ4n) is 1.39. The Hall–Kier alpha value is -1.04. The van der Waals surface area contributed by atoms with Gasteiger partial charge in [-0.25, -0.2) is 0 Å². The van der Waals surface area contributed by atoms with Crippen molar-refractivity contribution >= 4 is 6.08 Å². The molecule has 0 heterocycles. The topological polar surface area (TPSA) is 0 Å². The molecule has 0 heteroatoms. The van der Waals surface area contributed by atoms with Gasteiger partial charge in [0.05, 0.1) is 0 Å². The van der Waals surface area contributed by atoms with Gasteiger partial charge in [0.1, 0.15) is 0 Å². The van der Waals surface area contributed by atoms with Crippen LogP contribution in [-0.4, -0.2) is 0 Å². The Morgan fingerprint density at radius 2 is 1.83 bits per heavy atom. The molecular formula is C12H16. The molecule has 0 radical (unpaired) electrons. The smallest absolute Gasteiger partial charge is 0.0228 e. The van der Waals surface area contributed by atoms with Gasteiger partial charge in [-0.1, -0.05) is 31.7 Å². The lowest BCUT2D eigenvalue weighted by Gasteiger charge is -2.07. The molecule has 0 aromatic heterocycles. The van der Waals surface area contributed by atoms with Crippen molar-refractivity contribution in [3.8, 4) is 0 Å². The van der Waals surface area contributed by atoms with E-state index in [-0.39, 0.29) is 0 Å². The molecule has 64 valence electrons. The Balaban J connectivity index is 3.28. The monoisotopic (exact) mass is 160 g/mol. The van der Waals surface area contributed by atoms with Crippen LogP contribution in [-0.2, 0) is 6.42 Å². The Labute approximate surface area is 74.9 Å². The van der Waals surface area contributed by atoms with E-state index in [4.69, 9.17) is 0 Å². The standard InChI is InChI=1S/C12H16/c1-5-11-7-9(3)10(4)8-12(11)6-2/h5,7-8H,1,6H2,2-4H3. The van der Waals surface area contributed by atoms with Crippen LogP contribution < -0.4 is 0 Å². The largest absolute Gasteiger partial charge is 0.0985 e. The molecule has 0 nitrogen and oxygen atoms in total. The summed E-state index contributed by atoms with van der Waals surface area (Å²) in [5.74, 6) is 0. The maximum Gasteiger partial charge on any atom is -0.0228 e. The van der Waals surface area contributed by atoms with Crippen molar-refractivity contribution in [3.63, 3.8) is 0 Å². The summed E-state index contributed by atoms with van der Waals surface area (Å²) in [6.45, 7) is 10.3. The molecule has 0 amide bonds. The van der Waals surface area contributed by atoms with Gasteiger partial charge in [0, 0.05) is 0 Å². The highest BCUT2D eigenvalue weighted by atomic mass is 14.0. The zero-order valence-corrected chi connectivity index (χ0v) is 8.15. The fourth-order valence-corrected chi connectivity index (χ4v) is 1.39. The summed E-state index contributed by atoms with van der Waals surface area (Å²) in [5.41, 5.74) is 5.40. The van der Waals surface area contributed by atoms with E-state index in [0.29, 0.717) is 0 Å². The quantitative estimate of drug-likeness (QED) is 0.621. The molecule has 0 spiro atoms. The molecule has 0 saturated carbocycles. The van der Waals surface area contributed by atoms with Crippen molar-refractivity contribution in [3.05, 3.63) is 41.0 Å². The third-order valence-corrected chi connectivity index (χ3v) is 2.36. The minimum absolute atomic E-state index is 1.09. The molecule has 0 atom stereocenters. The average molecular weight is 160 g/mol. The number of rotatable bonds is 2. The summed E-state index contributed by atoms with van der Waals surface area (Å²) in [4.78, 5) is 0. The van der Waals surface area contributed by atoms with Gasteiger partial charge in [0.2, 0.25) is 0 Å². The Morgan fingerprint density at radius 1 is 1.25 bits per heavy atom. The molecule has 1 aromatic carbocycles. The molecular weight excluding hydrogens is 144 g/mol. The lowest BCUT2D eigenvalue weighted by Crippen LogP contribution is -1.90. The second kappa shape index (κ2) is 3.57. The number of aryl methyl sites for hydroxylation is 3. The molecule has 0 saturated heterocycles. The van der Waals surface area contributed by atoms with E-state index in [2.05, 4.69) is 39.5 Å². The number of benzene rings is 1. The van der Waals surface area contributed by atoms with Gasteiger partial charge < -0.3 is 0 Å². The van der Waals surface area contributed by atoms with E-state index >= 15 is 0 Å². The van der Waals surface area contributed by atoms with Crippen molar-refractivity contribution < 1.29 is 0 Å². The van der Waals surface area contributed by atoms with Gasteiger partial charge in [0.15, 0.2) is 0 Å². The molecule has 0 unspecified atom stereocenters. The first-order chi connectivity index (χ1) is 5.69. The van der Waals surface area contributed by atoms with E-state index in [1.165, 1.54) is 22.3 Å². The zero-order chi connectivity index (χ0) is 9.14. The van der Waals surface area contributed by atoms with Crippen LogP contribution in [0.1, 0.15) is 29.2 Å². The van der Waals surface area contributed by atoms with E-state index < -0.39 is 0 Å². The van der Waals surface area contributed by atoms with E-state index in [0.717, 1.165) is 6.42 Å². The Morgan fingerprint density at radius 3 is 2.33 bits per heavy atom. The highest BCUT2D eigenvalue weighted by Gasteiger charge is 1.99. The van der Waals surface area contributed by atoms with Crippen LogP contribution in [0.4, 0.5) is 0 Å². The summed E-state index contributed by atoms with van der Waals surface area (Å²) in [5, 5.41) is 0. The highest BCUT2D eigenvalue weighted by molar-refractivity contribution is 5.54. The highest BCUT2D eigenvalue weighted by Crippen LogP contribution is 2.17. The third kappa shape index (κ3) is 1.58. The van der Waals surface area contributed by atoms with Crippen LogP contribution in [0.3, 0.4) is 0 Å². The van der Waals surface area contributed by atoms with Crippen molar-refractivity contribution in [2.45, 2.75) is 27.2 Å². The molecule has 12 heavy (non-hydrogen) atoms. The number of hydrogen-bond acceptors (Lipinski definition) is 0. The molecule has 0 N–H and O–H groups in total. The summed E-state index contributed by atoms with van der Waals surface area (Å²) >= 11 is 0. The zero-order valence-electron chi connectivity index (χ0n) is 8.15. The van der Waals surface area contributed by atoms with Crippen molar-refractivity contribution in [2.24, 2.45) is 0 Å². The lowest BCUT2D eigenvalue weighted by molar-refractivity contribution is 1.11. The molecule has 1 rings (SSSR count). The van der Waals surface area contributed by atoms with Crippen LogP contribution in [0.15, 0.2) is 18.7 Å². The van der Waals surface area contributed by atoms with Crippen LogP contribution in [0, 0.1) is 13.8 Å². The molecule has 0 fully saturated rings. The first-order valence-electron chi connectivity index (χ1n) is 4.41. The van der Waals surface area contributed by atoms with Gasteiger partial charge in [-0.2, -0.15) is 0 Å². The van der Waals surface area contributed by atoms with Crippen LogP contribution >= 0.6 is 0 Å². The van der Waals surface area contributed by atoms with E-state index in [1.54, 1.807) is 0 Å². The maximum absolute atomic E-state index is 3.81. The molecule has 0 aliphatic carbocycles. The summed E-state index contributed by atoms with van der Waals surface area (Å²) in [6, 6.07) is 4.47. The predicted molar refractivity (Wildman–Crippen MR) is 55.4 cm³/mol. The summed E-state index contributed by atoms with van der Waals surface area (Å²) < 4.78 is 0. The van der Waals surface area contributed by atoms with Crippen molar-refractivity contribution in [1.29, 1.82) is 0 Å². The second-order valence-electron chi connectivity index (χ2n) is 3.19. The molecule has 1 aromatic rings. The van der Waals surface area contributed by atoms with Gasteiger partial charge in [-0.3, -0.25) is 0 Å². The van der Waals surface area contributed by atoms with Crippen LogP contribution in [0.5, 0.6) is 0 Å². The van der Waals surface area contributed by atoms with Crippen molar-refractivity contribution in [1.82, 2.24) is 0 Å². The van der Waals surface area contributed by atoms with E-state index in [9.17, 15) is 0 Å². The van der Waals surface area contributed by atoms with E-state index in [1.807, 2.05) is 6.08 Å². The normalized spacial score (nSPS) is 9.92. The average Bonchev–Trinajstić information content (AvgIpc) is 2.09. The SMILES string of the molecule is C=Cc1cc(C)c(C)cc1CC. The number of hydrogen-bond donors (Lipinski definition) is 0. The minimum Gasteiger partial charge on any atom is -0.0985 e. The van der Waals surface area contributed by atoms with Gasteiger partial charge in [0.25, 0.3) is 0 Å². The molecule has 0 aliphatic heterocycles. The van der Waals surface area contributed by atoms with Crippen LogP contribution in [0.25, 0.3) is 6.08 Å². The lowest BCUT2D eigenvalue weighted by atomic mass is 9.98. The first-order valence-corrected chi connectivity index (χ1v) is 4.41. The van der Waals surface area contributed by atoms with Gasteiger partial charge in [-0.05, 0) is 42.5 Å². The Bertz CT molecular complexity index is 295. The third-order valence-electron chi connectivity index (χ3n) is 2.36. The van der Waals surface area contributed by atoms with Gasteiger partial charge in [-0.15, -0.1) is 0 Å². The van der Waals surface area contributed by atoms with Gasteiger partial charge >= 0.3 is 0 Å².